The van der Waals surface area contributed by atoms with Gasteiger partial charge in [0.15, 0.2) is 0 Å². The van der Waals surface area contributed by atoms with E-state index in [4.69, 9.17) is 10.4 Å². The Bertz CT molecular complexity index is 378. The van der Waals surface area contributed by atoms with Gasteiger partial charge in [-0.2, -0.15) is 5.26 Å². The van der Waals surface area contributed by atoms with Crippen molar-refractivity contribution in [1.82, 2.24) is 4.98 Å². The van der Waals surface area contributed by atoms with E-state index in [1.165, 1.54) is 0 Å². The standard InChI is InChI=1S/C12H17N3O/c1-3-6-15(7-8-16)12-11(9-13)5-4-10(2)14-12/h4-5,16H,3,6-8H2,1-2H3. The van der Waals surface area contributed by atoms with Gasteiger partial charge in [-0.15, -0.1) is 0 Å². The molecule has 0 unspecified atom stereocenters. The average Bonchev–Trinajstić information content (AvgIpc) is 2.29. The molecule has 0 aromatic carbocycles. The molecule has 0 saturated heterocycles. The van der Waals surface area contributed by atoms with Crippen molar-refractivity contribution < 1.29 is 5.11 Å². The van der Waals surface area contributed by atoms with Gasteiger partial charge in [-0.25, -0.2) is 4.98 Å². The lowest BCUT2D eigenvalue weighted by atomic mass is 10.2. The second-order valence-electron chi connectivity index (χ2n) is 3.65. The Hall–Kier alpha value is -1.60. The molecule has 1 rings (SSSR count). The molecule has 1 aromatic heterocycles. The number of hydrogen-bond donors (Lipinski definition) is 1. The summed E-state index contributed by atoms with van der Waals surface area (Å²) >= 11 is 0. The van der Waals surface area contributed by atoms with Crippen LogP contribution in [0.25, 0.3) is 0 Å². The Balaban J connectivity index is 3.06. The van der Waals surface area contributed by atoms with Crippen molar-refractivity contribution in [3.8, 4) is 6.07 Å². The lowest BCUT2D eigenvalue weighted by molar-refractivity contribution is 0.301. The molecule has 0 spiro atoms. The largest absolute Gasteiger partial charge is 0.395 e. The SMILES string of the molecule is CCCN(CCO)c1nc(C)ccc1C#N. The summed E-state index contributed by atoms with van der Waals surface area (Å²) in [5.74, 6) is 0.679. The molecule has 0 bridgehead atoms. The molecule has 1 heterocycles. The molecule has 0 amide bonds. The first-order valence-electron chi connectivity index (χ1n) is 5.46. The van der Waals surface area contributed by atoms with Gasteiger partial charge in [-0.05, 0) is 25.5 Å². The van der Waals surface area contributed by atoms with Crippen LogP contribution in [0.2, 0.25) is 0 Å². The number of anilines is 1. The van der Waals surface area contributed by atoms with Gasteiger partial charge in [-0.1, -0.05) is 6.92 Å². The number of rotatable bonds is 5. The van der Waals surface area contributed by atoms with E-state index in [0.29, 0.717) is 17.9 Å². The van der Waals surface area contributed by atoms with Gasteiger partial charge in [0.05, 0.1) is 12.2 Å². The summed E-state index contributed by atoms with van der Waals surface area (Å²) in [5, 5.41) is 18.0. The summed E-state index contributed by atoms with van der Waals surface area (Å²) in [4.78, 5) is 6.32. The highest BCUT2D eigenvalue weighted by Gasteiger charge is 2.11. The molecule has 86 valence electrons. The van der Waals surface area contributed by atoms with Gasteiger partial charge in [0.25, 0.3) is 0 Å². The highest BCUT2D eigenvalue weighted by Crippen LogP contribution is 2.17. The number of nitriles is 1. The Morgan fingerprint density at radius 1 is 1.44 bits per heavy atom. The minimum Gasteiger partial charge on any atom is -0.395 e. The maximum Gasteiger partial charge on any atom is 0.146 e. The van der Waals surface area contributed by atoms with Crippen molar-refractivity contribution in [2.45, 2.75) is 20.3 Å². The maximum atomic E-state index is 9.02. The van der Waals surface area contributed by atoms with Crippen LogP contribution < -0.4 is 4.90 Å². The van der Waals surface area contributed by atoms with E-state index in [-0.39, 0.29) is 6.61 Å². The van der Waals surface area contributed by atoms with E-state index in [9.17, 15) is 0 Å². The van der Waals surface area contributed by atoms with Gasteiger partial charge in [-0.3, -0.25) is 0 Å². The summed E-state index contributed by atoms with van der Waals surface area (Å²) < 4.78 is 0. The molecular weight excluding hydrogens is 202 g/mol. The van der Waals surface area contributed by atoms with Gasteiger partial charge in [0.2, 0.25) is 0 Å². The Morgan fingerprint density at radius 2 is 2.19 bits per heavy atom. The lowest BCUT2D eigenvalue weighted by Crippen LogP contribution is -2.29. The number of nitrogens with zero attached hydrogens (tertiary/aromatic N) is 3. The zero-order valence-electron chi connectivity index (χ0n) is 9.77. The number of aromatic nitrogens is 1. The molecule has 4 heteroatoms. The third-order valence-electron chi connectivity index (χ3n) is 2.30. The second-order valence-corrected chi connectivity index (χ2v) is 3.65. The Kier molecular flexibility index (Phi) is 4.74. The van der Waals surface area contributed by atoms with Crippen LogP contribution in [0.5, 0.6) is 0 Å². The van der Waals surface area contributed by atoms with E-state index in [0.717, 1.165) is 18.7 Å². The minimum absolute atomic E-state index is 0.0699. The third kappa shape index (κ3) is 2.94. The fourth-order valence-electron chi connectivity index (χ4n) is 1.59. The molecule has 0 fully saturated rings. The maximum absolute atomic E-state index is 9.02. The van der Waals surface area contributed by atoms with Crippen LogP contribution in [0.4, 0.5) is 5.82 Å². The summed E-state index contributed by atoms with van der Waals surface area (Å²) in [7, 11) is 0. The molecule has 1 aromatic rings. The Labute approximate surface area is 96.2 Å². The normalized spacial score (nSPS) is 9.88. The van der Waals surface area contributed by atoms with Crippen molar-refractivity contribution in [3.63, 3.8) is 0 Å². The predicted octanol–water partition coefficient (Wildman–Crippen LogP) is 1.47. The van der Waals surface area contributed by atoms with Gasteiger partial charge in [0, 0.05) is 18.8 Å². The van der Waals surface area contributed by atoms with E-state index in [1.54, 1.807) is 6.07 Å². The molecular formula is C12H17N3O. The van der Waals surface area contributed by atoms with Crippen LogP contribution in [0.1, 0.15) is 24.6 Å². The monoisotopic (exact) mass is 219 g/mol. The van der Waals surface area contributed by atoms with Gasteiger partial charge >= 0.3 is 0 Å². The molecule has 0 saturated carbocycles. The van der Waals surface area contributed by atoms with E-state index >= 15 is 0 Å². The quantitative estimate of drug-likeness (QED) is 0.814. The van der Waals surface area contributed by atoms with Crippen LogP contribution >= 0.6 is 0 Å². The first-order valence-corrected chi connectivity index (χ1v) is 5.46. The van der Waals surface area contributed by atoms with Crippen molar-refractivity contribution in [2.75, 3.05) is 24.6 Å². The predicted molar refractivity (Wildman–Crippen MR) is 63.3 cm³/mol. The minimum atomic E-state index is 0.0699. The molecule has 0 radical (unpaired) electrons. The highest BCUT2D eigenvalue weighted by molar-refractivity contribution is 5.54. The summed E-state index contributed by atoms with van der Waals surface area (Å²) in [6.07, 6.45) is 0.959. The fourth-order valence-corrected chi connectivity index (χ4v) is 1.59. The van der Waals surface area contributed by atoms with Crippen molar-refractivity contribution in [1.29, 1.82) is 5.26 Å². The van der Waals surface area contributed by atoms with E-state index in [1.807, 2.05) is 17.9 Å². The van der Waals surface area contributed by atoms with Crippen LogP contribution in [0.3, 0.4) is 0 Å². The molecule has 0 aliphatic carbocycles. The Morgan fingerprint density at radius 3 is 2.75 bits per heavy atom. The zero-order chi connectivity index (χ0) is 12.0. The smallest absolute Gasteiger partial charge is 0.146 e. The topological polar surface area (TPSA) is 60.1 Å². The first kappa shape index (κ1) is 12.5. The number of aryl methyl sites for hydroxylation is 1. The molecule has 16 heavy (non-hydrogen) atoms. The third-order valence-corrected chi connectivity index (χ3v) is 2.30. The lowest BCUT2D eigenvalue weighted by Gasteiger charge is -2.23. The van der Waals surface area contributed by atoms with Crippen molar-refractivity contribution in [3.05, 3.63) is 23.4 Å². The summed E-state index contributed by atoms with van der Waals surface area (Å²) in [6.45, 7) is 5.34. The average molecular weight is 219 g/mol. The first-order chi connectivity index (χ1) is 7.72. The van der Waals surface area contributed by atoms with Crippen LogP contribution in [0.15, 0.2) is 12.1 Å². The number of pyridine rings is 1. The number of aliphatic hydroxyl groups is 1. The van der Waals surface area contributed by atoms with Crippen molar-refractivity contribution in [2.24, 2.45) is 0 Å². The molecule has 0 aliphatic rings. The number of aliphatic hydroxyl groups excluding tert-OH is 1. The van der Waals surface area contributed by atoms with Gasteiger partial charge in [0.1, 0.15) is 11.9 Å². The van der Waals surface area contributed by atoms with Crippen LogP contribution in [-0.4, -0.2) is 29.8 Å². The highest BCUT2D eigenvalue weighted by atomic mass is 16.3. The molecule has 1 N–H and O–H groups in total. The second kappa shape index (κ2) is 6.09. The van der Waals surface area contributed by atoms with Crippen molar-refractivity contribution >= 4 is 5.82 Å². The van der Waals surface area contributed by atoms with E-state index in [2.05, 4.69) is 18.0 Å². The number of hydrogen-bond acceptors (Lipinski definition) is 4. The van der Waals surface area contributed by atoms with Gasteiger partial charge < -0.3 is 10.0 Å². The molecule has 0 aliphatic heterocycles. The zero-order valence-corrected chi connectivity index (χ0v) is 9.77. The van der Waals surface area contributed by atoms with Crippen LogP contribution in [0, 0.1) is 18.3 Å². The molecule has 0 atom stereocenters. The molecule has 4 nitrogen and oxygen atoms in total. The summed E-state index contributed by atoms with van der Waals surface area (Å²) in [5.41, 5.74) is 1.44. The van der Waals surface area contributed by atoms with Crippen LogP contribution in [-0.2, 0) is 0 Å². The van der Waals surface area contributed by atoms with E-state index < -0.39 is 0 Å². The summed E-state index contributed by atoms with van der Waals surface area (Å²) in [6, 6.07) is 5.73. The fraction of sp³-hybridized carbons (Fsp3) is 0.500.